The monoisotopic (exact) mass is 333 g/mol. The fourth-order valence-electron chi connectivity index (χ4n) is 3.15. The lowest BCUT2D eigenvalue weighted by Gasteiger charge is -2.32. The van der Waals surface area contributed by atoms with Crippen molar-refractivity contribution in [2.75, 3.05) is 13.2 Å². The summed E-state index contributed by atoms with van der Waals surface area (Å²) in [6.07, 6.45) is 4.97. The molecule has 3 rings (SSSR count). The van der Waals surface area contributed by atoms with Crippen molar-refractivity contribution < 1.29 is 18.4 Å². The van der Waals surface area contributed by atoms with Crippen molar-refractivity contribution in [3.63, 3.8) is 0 Å². The third-order valence-electron chi connectivity index (χ3n) is 5.32. The number of hydrogen-bond donors (Lipinski definition) is 0. The van der Waals surface area contributed by atoms with Crippen LogP contribution in [-0.4, -0.2) is 36.5 Å². The number of allylic oxidation sites excluding steroid dienone is 1. The molecular formula is C18H25BFNO3. The van der Waals surface area contributed by atoms with Crippen LogP contribution < -0.4 is 0 Å². The first-order valence-electron chi connectivity index (χ1n) is 8.55. The number of aromatic nitrogens is 1. The summed E-state index contributed by atoms with van der Waals surface area (Å²) in [5.41, 5.74) is -0.0369. The molecule has 0 unspecified atom stereocenters. The molecule has 6 heteroatoms. The summed E-state index contributed by atoms with van der Waals surface area (Å²) in [5.74, 6) is 0.0852. The van der Waals surface area contributed by atoms with Crippen molar-refractivity contribution in [3.8, 4) is 0 Å². The van der Waals surface area contributed by atoms with Gasteiger partial charge in [-0.2, -0.15) is 0 Å². The third kappa shape index (κ3) is 3.28. The molecule has 0 radical (unpaired) electrons. The van der Waals surface area contributed by atoms with E-state index in [-0.39, 0.29) is 11.6 Å². The maximum absolute atomic E-state index is 15.5. The minimum absolute atomic E-state index is 0.0852. The Labute approximate surface area is 143 Å². The van der Waals surface area contributed by atoms with Gasteiger partial charge in [-0.25, -0.2) is 4.39 Å². The van der Waals surface area contributed by atoms with Gasteiger partial charge in [0.25, 0.3) is 0 Å². The highest BCUT2D eigenvalue weighted by Crippen LogP contribution is 2.42. The van der Waals surface area contributed by atoms with Crippen LogP contribution in [0.3, 0.4) is 0 Å². The molecule has 1 aromatic rings. The van der Waals surface area contributed by atoms with Crippen LogP contribution in [-0.2, 0) is 14.0 Å². The van der Waals surface area contributed by atoms with Gasteiger partial charge >= 0.3 is 7.12 Å². The van der Waals surface area contributed by atoms with E-state index in [1.165, 1.54) is 0 Å². The molecule has 2 aliphatic rings. The van der Waals surface area contributed by atoms with Crippen molar-refractivity contribution in [1.29, 1.82) is 0 Å². The molecule has 24 heavy (non-hydrogen) atoms. The molecule has 0 saturated carbocycles. The zero-order chi connectivity index (χ0) is 17.4. The summed E-state index contributed by atoms with van der Waals surface area (Å²) in [6, 6.07) is 3.72. The molecule has 0 bridgehead atoms. The van der Waals surface area contributed by atoms with Gasteiger partial charge in [0.05, 0.1) is 11.2 Å². The summed E-state index contributed by atoms with van der Waals surface area (Å²) in [4.78, 5) is 4.15. The second-order valence-electron chi connectivity index (χ2n) is 7.48. The second kappa shape index (κ2) is 6.58. The van der Waals surface area contributed by atoms with Crippen LogP contribution in [0.25, 0.3) is 5.57 Å². The average Bonchev–Trinajstić information content (AvgIpc) is 2.78. The molecule has 0 atom stereocenters. The van der Waals surface area contributed by atoms with Crippen molar-refractivity contribution in [2.24, 2.45) is 5.92 Å². The molecular weight excluding hydrogens is 308 g/mol. The number of hydrogen-bond acceptors (Lipinski definition) is 4. The molecule has 0 spiro atoms. The topological polar surface area (TPSA) is 40.6 Å². The first-order valence-corrected chi connectivity index (χ1v) is 8.55. The normalized spacial score (nSPS) is 24.8. The maximum Gasteiger partial charge on any atom is 0.525 e. The molecule has 2 aliphatic heterocycles. The predicted molar refractivity (Wildman–Crippen MR) is 91.9 cm³/mol. The number of halogens is 1. The highest BCUT2D eigenvalue weighted by Gasteiger charge is 2.54. The second-order valence-corrected chi connectivity index (χ2v) is 7.48. The summed E-state index contributed by atoms with van der Waals surface area (Å²) >= 11 is 0. The molecule has 2 saturated heterocycles. The Kier molecular flexibility index (Phi) is 4.82. The Morgan fingerprint density at radius 2 is 1.79 bits per heavy atom. The van der Waals surface area contributed by atoms with Crippen LogP contribution in [0.2, 0.25) is 0 Å². The van der Waals surface area contributed by atoms with Gasteiger partial charge in [0.2, 0.25) is 0 Å². The Balaban J connectivity index is 1.99. The van der Waals surface area contributed by atoms with Crippen LogP contribution in [0.15, 0.2) is 30.3 Å². The van der Waals surface area contributed by atoms with Gasteiger partial charge in [0.1, 0.15) is 5.73 Å². The largest absolute Gasteiger partial charge is 0.525 e. The van der Waals surface area contributed by atoms with Gasteiger partial charge in [-0.1, -0.05) is 6.07 Å². The lowest BCUT2D eigenvalue weighted by Crippen LogP contribution is -2.41. The van der Waals surface area contributed by atoms with Crippen molar-refractivity contribution in [3.05, 3.63) is 35.8 Å². The molecule has 2 fully saturated rings. The molecule has 4 nitrogen and oxygen atoms in total. The van der Waals surface area contributed by atoms with Crippen LogP contribution >= 0.6 is 0 Å². The summed E-state index contributed by atoms with van der Waals surface area (Å²) < 4.78 is 32.7. The average molecular weight is 333 g/mol. The first-order chi connectivity index (χ1) is 11.3. The van der Waals surface area contributed by atoms with Gasteiger partial charge in [-0.3, -0.25) is 4.98 Å². The number of rotatable bonds is 3. The van der Waals surface area contributed by atoms with Crippen molar-refractivity contribution in [1.82, 2.24) is 4.98 Å². The number of nitrogens with zero attached hydrogens (tertiary/aromatic N) is 1. The quantitative estimate of drug-likeness (QED) is 0.789. The van der Waals surface area contributed by atoms with Gasteiger partial charge in [-0.15, -0.1) is 0 Å². The minimum Gasteiger partial charge on any atom is -0.398 e. The highest BCUT2D eigenvalue weighted by molar-refractivity contribution is 6.55. The van der Waals surface area contributed by atoms with E-state index in [1.807, 2.05) is 39.8 Å². The molecule has 0 aliphatic carbocycles. The minimum atomic E-state index is -0.979. The van der Waals surface area contributed by atoms with E-state index >= 15 is 4.39 Å². The van der Waals surface area contributed by atoms with E-state index in [2.05, 4.69) is 4.98 Å². The molecule has 3 heterocycles. The van der Waals surface area contributed by atoms with E-state index in [0.29, 0.717) is 18.8 Å². The third-order valence-corrected chi connectivity index (χ3v) is 5.32. The van der Waals surface area contributed by atoms with Crippen LogP contribution in [0.4, 0.5) is 4.39 Å². The van der Waals surface area contributed by atoms with Crippen LogP contribution in [0, 0.1) is 5.92 Å². The Morgan fingerprint density at radius 3 is 2.33 bits per heavy atom. The zero-order valence-electron chi connectivity index (χ0n) is 14.8. The molecule has 0 N–H and O–H groups in total. The molecule has 0 aromatic carbocycles. The number of pyridine rings is 1. The van der Waals surface area contributed by atoms with Crippen molar-refractivity contribution in [2.45, 2.75) is 51.7 Å². The molecule has 0 amide bonds. The first kappa shape index (κ1) is 17.6. The van der Waals surface area contributed by atoms with Crippen molar-refractivity contribution >= 4 is 12.7 Å². The summed E-state index contributed by atoms with van der Waals surface area (Å²) in [6.45, 7) is 9.00. The number of ether oxygens (including phenoxy) is 1. The highest BCUT2D eigenvalue weighted by atomic mass is 19.1. The maximum atomic E-state index is 15.5. The van der Waals surface area contributed by atoms with Gasteiger partial charge < -0.3 is 14.0 Å². The molecule has 1 aromatic heterocycles. The Morgan fingerprint density at radius 1 is 1.17 bits per heavy atom. The molecule has 130 valence electrons. The lowest BCUT2D eigenvalue weighted by molar-refractivity contribution is 0.00578. The Hall–Kier alpha value is -1.24. The van der Waals surface area contributed by atoms with E-state index in [4.69, 9.17) is 14.0 Å². The zero-order valence-corrected chi connectivity index (χ0v) is 14.8. The fraction of sp³-hybridized carbons (Fsp3) is 0.611. The lowest BCUT2D eigenvalue weighted by atomic mass is 9.76. The van der Waals surface area contributed by atoms with Gasteiger partial charge in [-0.05, 0) is 63.7 Å². The summed E-state index contributed by atoms with van der Waals surface area (Å²) in [7, 11) is -0.979. The van der Waals surface area contributed by atoms with E-state index < -0.39 is 18.3 Å². The van der Waals surface area contributed by atoms with Gasteiger partial charge in [0, 0.05) is 25.6 Å². The van der Waals surface area contributed by atoms with Crippen LogP contribution in [0.1, 0.15) is 46.1 Å². The van der Waals surface area contributed by atoms with E-state index in [9.17, 15) is 0 Å². The standard InChI is InChI=1S/C18H25BFNO3/c1-17(2)18(3,4)24-19(23-17)16(20)15(13-7-10-22-11-8-13)14-6-5-9-21-12-14/h5-6,9,12-13H,7-8,10-11H2,1-4H3. The predicted octanol–water partition coefficient (Wildman–Crippen LogP) is 3.82. The fourth-order valence-corrected chi connectivity index (χ4v) is 3.15. The van der Waals surface area contributed by atoms with E-state index in [0.717, 1.165) is 18.4 Å². The SMILES string of the molecule is CC1(C)OB(C(F)=C(c2cccnc2)C2CCOCC2)OC1(C)C. The van der Waals surface area contributed by atoms with Crippen LogP contribution in [0.5, 0.6) is 0 Å². The van der Waals surface area contributed by atoms with Gasteiger partial charge in [0.15, 0.2) is 0 Å². The Bertz CT molecular complexity index is 596. The van der Waals surface area contributed by atoms with E-state index in [1.54, 1.807) is 12.4 Å². The summed E-state index contributed by atoms with van der Waals surface area (Å²) in [5, 5.41) is 0. The smallest absolute Gasteiger partial charge is 0.398 e.